The molecular weight excluding hydrogens is 379 g/mol. The standard InChI is InChI=1S/C13H9Br2FN2O/c14-7-1-3-9(13(17)18)12(5-7)19-8-2-4-10(15)11(16)6-8/h1-6H,(H3,17,18). The van der Waals surface area contributed by atoms with Gasteiger partial charge in [-0.1, -0.05) is 15.9 Å². The number of ether oxygens (including phenoxy) is 1. The normalized spacial score (nSPS) is 10.3. The van der Waals surface area contributed by atoms with Gasteiger partial charge in [0.1, 0.15) is 23.2 Å². The van der Waals surface area contributed by atoms with Crippen LogP contribution in [0.2, 0.25) is 0 Å². The van der Waals surface area contributed by atoms with Crippen molar-refractivity contribution in [3.63, 3.8) is 0 Å². The quantitative estimate of drug-likeness (QED) is 0.604. The highest BCUT2D eigenvalue weighted by atomic mass is 79.9. The van der Waals surface area contributed by atoms with Crippen LogP contribution in [-0.4, -0.2) is 5.84 Å². The van der Waals surface area contributed by atoms with Crippen molar-refractivity contribution < 1.29 is 9.13 Å². The van der Waals surface area contributed by atoms with Crippen molar-refractivity contribution in [2.24, 2.45) is 5.73 Å². The SMILES string of the molecule is N=C(N)c1ccc(Br)cc1Oc1ccc(Br)c(F)c1. The molecule has 0 fully saturated rings. The molecule has 2 rings (SSSR count). The number of nitrogens with two attached hydrogens (primary N) is 1. The van der Waals surface area contributed by atoms with Crippen LogP contribution in [0, 0.1) is 11.2 Å². The second kappa shape index (κ2) is 5.71. The molecule has 6 heteroatoms. The monoisotopic (exact) mass is 386 g/mol. The van der Waals surface area contributed by atoms with Crippen molar-refractivity contribution in [2.75, 3.05) is 0 Å². The molecule has 0 spiro atoms. The lowest BCUT2D eigenvalue weighted by atomic mass is 10.2. The number of nitrogen functional groups attached to an aromatic ring is 1. The minimum atomic E-state index is -0.420. The molecule has 2 aromatic rings. The highest BCUT2D eigenvalue weighted by Crippen LogP contribution is 2.30. The molecule has 0 bridgehead atoms. The third-order valence-electron chi connectivity index (χ3n) is 2.35. The van der Waals surface area contributed by atoms with Gasteiger partial charge in [0.25, 0.3) is 0 Å². The first kappa shape index (κ1) is 14.0. The Balaban J connectivity index is 2.39. The molecule has 0 aliphatic rings. The highest BCUT2D eigenvalue weighted by Gasteiger charge is 2.10. The average Bonchev–Trinajstić information content (AvgIpc) is 2.33. The van der Waals surface area contributed by atoms with Crippen LogP contribution in [0.5, 0.6) is 11.5 Å². The molecule has 0 aliphatic heterocycles. The topological polar surface area (TPSA) is 59.1 Å². The van der Waals surface area contributed by atoms with E-state index in [4.69, 9.17) is 15.9 Å². The van der Waals surface area contributed by atoms with Gasteiger partial charge in [-0.25, -0.2) is 4.39 Å². The van der Waals surface area contributed by atoms with Gasteiger partial charge < -0.3 is 10.5 Å². The minimum Gasteiger partial charge on any atom is -0.456 e. The Hall–Kier alpha value is -1.40. The van der Waals surface area contributed by atoms with E-state index in [0.29, 0.717) is 21.5 Å². The van der Waals surface area contributed by atoms with Crippen LogP contribution in [0.3, 0.4) is 0 Å². The molecule has 0 aliphatic carbocycles. The predicted octanol–water partition coefficient (Wildman–Crippen LogP) is 4.43. The molecule has 0 amide bonds. The second-order valence-corrected chi connectivity index (χ2v) is 5.50. The first-order valence-electron chi connectivity index (χ1n) is 5.24. The van der Waals surface area contributed by atoms with Crippen molar-refractivity contribution in [2.45, 2.75) is 0 Å². The molecule has 0 saturated carbocycles. The molecular formula is C13H9Br2FN2O. The Morgan fingerprint density at radius 2 is 1.89 bits per heavy atom. The second-order valence-electron chi connectivity index (χ2n) is 3.73. The molecule has 98 valence electrons. The fraction of sp³-hybridized carbons (Fsp3) is 0. The molecule has 19 heavy (non-hydrogen) atoms. The van der Waals surface area contributed by atoms with E-state index in [-0.39, 0.29) is 5.84 Å². The van der Waals surface area contributed by atoms with E-state index in [9.17, 15) is 4.39 Å². The molecule has 0 aromatic heterocycles. The van der Waals surface area contributed by atoms with Crippen molar-refractivity contribution in [1.29, 1.82) is 5.41 Å². The zero-order valence-electron chi connectivity index (χ0n) is 9.58. The zero-order chi connectivity index (χ0) is 14.0. The van der Waals surface area contributed by atoms with Crippen molar-refractivity contribution >= 4 is 37.7 Å². The smallest absolute Gasteiger partial charge is 0.141 e. The molecule has 0 unspecified atom stereocenters. The number of hydrogen-bond acceptors (Lipinski definition) is 2. The maximum Gasteiger partial charge on any atom is 0.141 e. The number of benzene rings is 2. The van der Waals surface area contributed by atoms with Gasteiger partial charge in [0.05, 0.1) is 10.0 Å². The van der Waals surface area contributed by atoms with Crippen LogP contribution in [-0.2, 0) is 0 Å². The Morgan fingerprint density at radius 3 is 2.53 bits per heavy atom. The molecule has 0 saturated heterocycles. The number of rotatable bonds is 3. The minimum absolute atomic E-state index is 0.111. The fourth-order valence-corrected chi connectivity index (χ4v) is 2.06. The Bertz CT molecular complexity index is 647. The highest BCUT2D eigenvalue weighted by molar-refractivity contribution is 9.10. The number of nitrogens with one attached hydrogen (secondary N) is 1. The third-order valence-corrected chi connectivity index (χ3v) is 3.49. The Labute approximate surface area is 126 Å². The van der Waals surface area contributed by atoms with Gasteiger partial charge in [0, 0.05) is 10.5 Å². The Morgan fingerprint density at radius 1 is 1.16 bits per heavy atom. The summed E-state index contributed by atoms with van der Waals surface area (Å²) >= 11 is 6.38. The van der Waals surface area contributed by atoms with Crippen molar-refractivity contribution in [3.05, 3.63) is 56.7 Å². The third kappa shape index (κ3) is 3.33. The van der Waals surface area contributed by atoms with Gasteiger partial charge in [0.15, 0.2) is 0 Å². The molecule has 2 aromatic carbocycles. The maximum atomic E-state index is 13.4. The lowest BCUT2D eigenvalue weighted by Crippen LogP contribution is -2.12. The van der Waals surface area contributed by atoms with Crippen LogP contribution in [0.1, 0.15) is 5.56 Å². The van der Waals surface area contributed by atoms with E-state index >= 15 is 0 Å². The molecule has 3 N–H and O–H groups in total. The predicted molar refractivity (Wildman–Crippen MR) is 79.3 cm³/mol. The van der Waals surface area contributed by atoms with Gasteiger partial charge >= 0.3 is 0 Å². The summed E-state index contributed by atoms with van der Waals surface area (Å²) in [6.45, 7) is 0. The van der Waals surface area contributed by atoms with Crippen molar-refractivity contribution in [1.82, 2.24) is 0 Å². The summed E-state index contributed by atoms with van der Waals surface area (Å²) in [7, 11) is 0. The summed E-state index contributed by atoms with van der Waals surface area (Å²) < 4.78 is 20.1. The molecule has 3 nitrogen and oxygen atoms in total. The summed E-state index contributed by atoms with van der Waals surface area (Å²) in [5.74, 6) is 0.196. The van der Waals surface area contributed by atoms with E-state index in [1.54, 1.807) is 30.3 Å². The first-order valence-corrected chi connectivity index (χ1v) is 6.83. The summed E-state index contributed by atoms with van der Waals surface area (Å²) in [6, 6.07) is 9.53. The van der Waals surface area contributed by atoms with E-state index in [2.05, 4.69) is 31.9 Å². The van der Waals surface area contributed by atoms with Gasteiger partial charge in [-0.2, -0.15) is 0 Å². The van der Waals surface area contributed by atoms with E-state index in [1.807, 2.05) is 0 Å². The van der Waals surface area contributed by atoms with Crippen molar-refractivity contribution in [3.8, 4) is 11.5 Å². The van der Waals surface area contributed by atoms with Gasteiger partial charge in [0.2, 0.25) is 0 Å². The van der Waals surface area contributed by atoms with Gasteiger partial charge in [-0.15, -0.1) is 0 Å². The van der Waals surface area contributed by atoms with Crippen LogP contribution >= 0.6 is 31.9 Å². The van der Waals surface area contributed by atoms with Crippen LogP contribution in [0.15, 0.2) is 45.3 Å². The zero-order valence-corrected chi connectivity index (χ0v) is 12.8. The largest absolute Gasteiger partial charge is 0.456 e. The van der Waals surface area contributed by atoms with E-state index in [1.165, 1.54) is 6.07 Å². The van der Waals surface area contributed by atoms with E-state index < -0.39 is 5.82 Å². The first-order chi connectivity index (χ1) is 8.97. The molecule has 0 heterocycles. The van der Waals surface area contributed by atoms with E-state index in [0.717, 1.165) is 4.47 Å². The lowest BCUT2D eigenvalue weighted by Gasteiger charge is -2.11. The number of halogens is 3. The summed E-state index contributed by atoms with van der Waals surface area (Å²) in [6.07, 6.45) is 0. The Kier molecular flexibility index (Phi) is 4.21. The van der Waals surface area contributed by atoms with Crippen LogP contribution < -0.4 is 10.5 Å². The van der Waals surface area contributed by atoms with Gasteiger partial charge in [-0.3, -0.25) is 5.41 Å². The average molecular weight is 388 g/mol. The summed E-state index contributed by atoms with van der Waals surface area (Å²) in [5.41, 5.74) is 5.93. The summed E-state index contributed by atoms with van der Waals surface area (Å²) in [4.78, 5) is 0. The molecule has 0 atom stereocenters. The maximum absolute atomic E-state index is 13.4. The lowest BCUT2D eigenvalue weighted by molar-refractivity contribution is 0.475. The number of amidine groups is 1. The van der Waals surface area contributed by atoms with Crippen LogP contribution in [0.4, 0.5) is 4.39 Å². The molecule has 0 radical (unpaired) electrons. The van der Waals surface area contributed by atoms with Gasteiger partial charge in [-0.05, 0) is 46.3 Å². The number of hydrogen-bond donors (Lipinski definition) is 2. The summed E-state index contributed by atoms with van der Waals surface area (Å²) in [5, 5.41) is 7.49. The fourth-order valence-electron chi connectivity index (χ4n) is 1.47. The van der Waals surface area contributed by atoms with Crippen LogP contribution in [0.25, 0.3) is 0 Å².